The molecule has 1 N–H and O–H groups in total. The minimum Gasteiger partial charge on any atom is -0.311 e. The number of aryl methyl sites for hydroxylation is 1. The van der Waals surface area contributed by atoms with Crippen LogP contribution in [-0.4, -0.2) is 39.6 Å². The zero-order chi connectivity index (χ0) is 22.8. The first-order valence-corrected chi connectivity index (χ1v) is 12.2. The van der Waals surface area contributed by atoms with Crippen LogP contribution in [0.25, 0.3) is 0 Å². The number of benzene rings is 2. The fraction of sp³-hybridized carbons (Fsp3) is 0.320. The quantitative estimate of drug-likeness (QED) is 0.462. The molecule has 2 aliphatic heterocycles. The number of thioether (sulfide) groups is 1. The van der Waals surface area contributed by atoms with E-state index >= 15 is 0 Å². The molecule has 0 spiro atoms. The zero-order valence-corrected chi connectivity index (χ0v) is 19.0. The van der Waals surface area contributed by atoms with Crippen molar-refractivity contribution in [1.82, 2.24) is 14.9 Å². The highest BCUT2D eigenvalue weighted by Crippen LogP contribution is 2.28. The minimum absolute atomic E-state index is 0.0259. The number of halogens is 1. The summed E-state index contributed by atoms with van der Waals surface area (Å²) in [7, 11) is 0. The maximum Gasteiger partial charge on any atom is 0.256 e. The van der Waals surface area contributed by atoms with Crippen molar-refractivity contribution >= 4 is 23.4 Å². The first-order valence-electron chi connectivity index (χ1n) is 11.2. The van der Waals surface area contributed by atoms with Gasteiger partial charge in [0.05, 0.1) is 17.0 Å². The Morgan fingerprint density at radius 2 is 1.91 bits per heavy atom. The Morgan fingerprint density at radius 3 is 2.76 bits per heavy atom. The number of rotatable bonds is 5. The normalized spacial score (nSPS) is 15.7. The zero-order valence-electron chi connectivity index (χ0n) is 18.2. The summed E-state index contributed by atoms with van der Waals surface area (Å²) in [6, 6.07) is 14.5. The molecule has 0 saturated carbocycles. The van der Waals surface area contributed by atoms with Crippen molar-refractivity contribution in [2.24, 2.45) is 0 Å². The molecular weight excluding hydrogens is 439 g/mol. The fourth-order valence-corrected chi connectivity index (χ4v) is 5.27. The van der Waals surface area contributed by atoms with Gasteiger partial charge in [-0.3, -0.25) is 14.5 Å². The number of hydrogen-bond donors (Lipinski definition) is 1. The van der Waals surface area contributed by atoms with Gasteiger partial charge in [0.15, 0.2) is 5.16 Å². The number of nitrogens with one attached hydrogen (secondary N) is 1. The maximum absolute atomic E-state index is 13.1. The van der Waals surface area contributed by atoms with E-state index in [2.05, 4.69) is 20.9 Å². The van der Waals surface area contributed by atoms with E-state index in [1.54, 1.807) is 12.1 Å². The van der Waals surface area contributed by atoms with Gasteiger partial charge in [-0.2, -0.15) is 0 Å². The Balaban J connectivity index is 1.24. The van der Waals surface area contributed by atoms with Gasteiger partial charge >= 0.3 is 0 Å². The van der Waals surface area contributed by atoms with Gasteiger partial charge < -0.3 is 9.88 Å². The molecule has 3 heterocycles. The molecule has 3 aromatic rings. The van der Waals surface area contributed by atoms with Crippen molar-refractivity contribution < 1.29 is 9.18 Å². The minimum atomic E-state index is -0.253. The van der Waals surface area contributed by atoms with Crippen LogP contribution in [0.4, 0.5) is 10.1 Å². The Kier molecular flexibility index (Phi) is 6.28. The van der Waals surface area contributed by atoms with Crippen LogP contribution in [0, 0.1) is 5.82 Å². The van der Waals surface area contributed by atoms with E-state index in [-0.39, 0.29) is 23.0 Å². The molecule has 5 rings (SSSR count). The van der Waals surface area contributed by atoms with Gasteiger partial charge in [-0.1, -0.05) is 42.1 Å². The first kappa shape index (κ1) is 21.9. The van der Waals surface area contributed by atoms with Crippen LogP contribution >= 0.6 is 11.8 Å². The summed E-state index contributed by atoms with van der Waals surface area (Å²) in [4.78, 5) is 37.2. The number of carbonyl (C=O) groups is 1. The highest BCUT2D eigenvalue weighted by molar-refractivity contribution is 7.99. The standard InChI is InChI=1S/C25H25FN4O2S/c26-19-9-7-17(8-10-19)14-29-13-11-21-20(15-29)24(32)28-25(27-21)33-16-23(31)30-12-3-5-18-4-1-2-6-22(18)30/h1-2,4,6-10H,3,5,11-16H2,(H,27,28,32). The van der Waals surface area contributed by atoms with Gasteiger partial charge in [0, 0.05) is 38.3 Å². The molecule has 1 amide bonds. The summed E-state index contributed by atoms with van der Waals surface area (Å²) in [5.41, 5.74) is 4.52. The van der Waals surface area contributed by atoms with Crippen molar-refractivity contribution in [1.29, 1.82) is 0 Å². The molecule has 0 atom stereocenters. The number of hydrogen-bond acceptors (Lipinski definition) is 5. The average Bonchev–Trinajstić information content (AvgIpc) is 2.84. The van der Waals surface area contributed by atoms with Crippen LogP contribution in [0.1, 0.15) is 28.8 Å². The third kappa shape index (κ3) is 4.86. The summed E-state index contributed by atoms with van der Waals surface area (Å²) in [6.07, 6.45) is 2.61. The monoisotopic (exact) mass is 464 g/mol. The molecule has 0 aliphatic carbocycles. The number of carbonyl (C=O) groups excluding carboxylic acids is 1. The number of nitrogens with zero attached hydrogens (tertiary/aromatic N) is 3. The molecule has 8 heteroatoms. The second kappa shape index (κ2) is 9.49. The largest absolute Gasteiger partial charge is 0.311 e. The van der Waals surface area contributed by atoms with E-state index in [0.717, 1.165) is 36.3 Å². The molecule has 33 heavy (non-hydrogen) atoms. The maximum atomic E-state index is 13.1. The molecule has 2 aromatic carbocycles. The van der Waals surface area contributed by atoms with Gasteiger partial charge in [0.25, 0.3) is 5.56 Å². The molecule has 0 saturated heterocycles. The van der Waals surface area contributed by atoms with Crippen molar-refractivity contribution in [3.63, 3.8) is 0 Å². The third-order valence-electron chi connectivity index (χ3n) is 6.19. The number of aromatic amines is 1. The van der Waals surface area contributed by atoms with Crippen molar-refractivity contribution in [2.45, 2.75) is 37.5 Å². The molecule has 2 aliphatic rings. The predicted molar refractivity (Wildman–Crippen MR) is 127 cm³/mol. The summed E-state index contributed by atoms with van der Waals surface area (Å²) in [5, 5.41) is 0.490. The highest BCUT2D eigenvalue weighted by atomic mass is 32.2. The van der Waals surface area contributed by atoms with E-state index < -0.39 is 0 Å². The average molecular weight is 465 g/mol. The summed E-state index contributed by atoms with van der Waals surface area (Å²) >= 11 is 1.28. The molecule has 0 unspecified atom stereocenters. The lowest BCUT2D eigenvalue weighted by Gasteiger charge is -2.29. The van der Waals surface area contributed by atoms with E-state index in [1.165, 1.54) is 29.5 Å². The first-order chi connectivity index (χ1) is 16.1. The van der Waals surface area contributed by atoms with E-state index in [1.807, 2.05) is 23.1 Å². The number of H-pyrrole nitrogens is 1. The van der Waals surface area contributed by atoms with E-state index in [9.17, 15) is 14.0 Å². The van der Waals surface area contributed by atoms with Crippen molar-refractivity contribution in [3.8, 4) is 0 Å². The lowest BCUT2D eigenvalue weighted by atomic mass is 10.0. The van der Waals surface area contributed by atoms with E-state index in [4.69, 9.17) is 0 Å². The summed E-state index contributed by atoms with van der Waals surface area (Å²) in [6.45, 7) is 2.65. The lowest BCUT2D eigenvalue weighted by Crippen LogP contribution is -2.37. The second-order valence-electron chi connectivity index (χ2n) is 8.45. The molecule has 6 nitrogen and oxygen atoms in total. The molecule has 0 radical (unpaired) electrons. The van der Waals surface area contributed by atoms with E-state index in [0.29, 0.717) is 36.8 Å². The Morgan fingerprint density at radius 1 is 1.09 bits per heavy atom. The SMILES string of the molecule is O=C(CSc1nc2c(c(=O)[nH]1)CN(Cc1ccc(F)cc1)CC2)N1CCCc2ccccc21. The summed E-state index contributed by atoms with van der Waals surface area (Å²) in [5.74, 6) is 0.00150. The van der Waals surface area contributed by atoms with Crippen LogP contribution in [0.5, 0.6) is 0 Å². The smallest absolute Gasteiger partial charge is 0.256 e. The predicted octanol–water partition coefficient (Wildman–Crippen LogP) is 3.54. The van der Waals surface area contributed by atoms with Crippen LogP contribution in [0.3, 0.4) is 0 Å². The second-order valence-corrected chi connectivity index (χ2v) is 9.41. The lowest BCUT2D eigenvalue weighted by molar-refractivity contribution is -0.116. The number of aromatic nitrogens is 2. The van der Waals surface area contributed by atoms with Gasteiger partial charge in [-0.25, -0.2) is 9.37 Å². The molecule has 0 bridgehead atoms. The van der Waals surface area contributed by atoms with Crippen LogP contribution < -0.4 is 10.5 Å². The highest BCUT2D eigenvalue weighted by Gasteiger charge is 2.24. The van der Waals surface area contributed by atoms with Gasteiger partial charge in [0.1, 0.15) is 5.82 Å². The number of fused-ring (bicyclic) bond motifs is 2. The molecular formula is C25H25FN4O2S. The molecule has 1 aromatic heterocycles. The van der Waals surface area contributed by atoms with Gasteiger partial charge in [0.2, 0.25) is 5.91 Å². The van der Waals surface area contributed by atoms with Gasteiger partial charge in [-0.15, -0.1) is 0 Å². The third-order valence-corrected chi connectivity index (χ3v) is 7.05. The molecule has 170 valence electrons. The summed E-state index contributed by atoms with van der Waals surface area (Å²) < 4.78 is 13.1. The number of amides is 1. The Hall–Kier alpha value is -2.97. The number of para-hydroxylation sites is 1. The van der Waals surface area contributed by atoms with Crippen LogP contribution in [0.15, 0.2) is 58.5 Å². The Labute approximate surface area is 195 Å². The van der Waals surface area contributed by atoms with Crippen LogP contribution in [-0.2, 0) is 30.7 Å². The van der Waals surface area contributed by atoms with Crippen molar-refractivity contribution in [3.05, 3.63) is 87.1 Å². The molecule has 0 fully saturated rings. The fourth-order valence-electron chi connectivity index (χ4n) is 4.51. The Bertz CT molecular complexity index is 1230. The number of anilines is 1. The topological polar surface area (TPSA) is 69.3 Å². The van der Waals surface area contributed by atoms with Crippen LogP contribution in [0.2, 0.25) is 0 Å². The van der Waals surface area contributed by atoms with Gasteiger partial charge in [-0.05, 0) is 42.2 Å². The van der Waals surface area contributed by atoms with Crippen molar-refractivity contribution in [2.75, 3.05) is 23.7 Å².